The lowest BCUT2D eigenvalue weighted by atomic mass is 9.76. The molecule has 1 amide bonds. The number of ether oxygens (including phenoxy) is 1. The fraction of sp³-hybridized carbons (Fsp3) is 0.514. The molecule has 2 heterocycles. The molecular weight excluding hydrogens is 586 g/mol. The first-order valence-corrected chi connectivity index (χ1v) is 17.5. The number of anilines is 1. The van der Waals surface area contributed by atoms with Gasteiger partial charge in [-0.2, -0.15) is 4.98 Å². The zero-order valence-corrected chi connectivity index (χ0v) is 28.4. The summed E-state index contributed by atoms with van der Waals surface area (Å²) in [5.41, 5.74) is 3.83. The maximum atomic E-state index is 14.3. The van der Waals surface area contributed by atoms with E-state index in [9.17, 15) is 13.2 Å². The van der Waals surface area contributed by atoms with E-state index in [4.69, 9.17) is 4.74 Å². The highest BCUT2D eigenvalue weighted by Gasteiger charge is 2.40. The highest BCUT2D eigenvalue weighted by molar-refractivity contribution is 7.92. The first-order valence-electron chi connectivity index (χ1n) is 16.1. The van der Waals surface area contributed by atoms with Gasteiger partial charge in [-0.25, -0.2) is 18.1 Å². The van der Waals surface area contributed by atoms with E-state index in [0.29, 0.717) is 29.1 Å². The van der Waals surface area contributed by atoms with Crippen LogP contribution in [-0.4, -0.2) is 72.4 Å². The molecule has 4 bridgehead atoms. The highest BCUT2D eigenvalue weighted by Crippen LogP contribution is 2.38. The number of aryl methyl sites for hydroxylation is 2. The zero-order valence-electron chi connectivity index (χ0n) is 27.6. The summed E-state index contributed by atoms with van der Waals surface area (Å²) in [5.74, 6) is 0.855. The Morgan fingerprint density at radius 1 is 1.02 bits per heavy atom. The quantitative estimate of drug-likeness (QED) is 0.310. The van der Waals surface area contributed by atoms with Crippen molar-refractivity contribution in [2.45, 2.75) is 90.2 Å². The molecule has 0 spiro atoms. The molecule has 2 aliphatic rings. The van der Waals surface area contributed by atoms with Crippen LogP contribution in [0, 0.1) is 25.7 Å². The molecular formula is C35H47N5O4S. The van der Waals surface area contributed by atoms with Crippen molar-refractivity contribution >= 4 is 21.9 Å². The Bertz CT molecular complexity index is 1610. The molecule has 9 nitrogen and oxygen atoms in total. The summed E-state index contributed by atoms with van der Waals surface area (Å²) in [7, 11) is -1.95. The van der Waals surface area contributed by atoms with Gasteiger partial charge in [0.1, 0.15) is 6.61 Å². The number of fused-ring (bicyclic) bond motifs is 4. The summed E-state index contributed by atoms with van der Waals surface area (Å²) in [6, 6.07) is 14.3. The van der Waals surface area contributed by atoms with Crippen molar-refractivity contribution in [1.82, 2.24) is 19.8 Å². The topological polar surface area (TPSA) is 105 Å². The molecule has 242 valence electrons. The Labute approximate surface area is 268 Å². The third-order valence-electron chi connectivity index (χ3n) is 9.23. The third-order valence-corrected chi connectivity index (χ3v) is 10.6. The average Bonchev–Trinajstić information content (AvgIpc) is 2.95. The van der Waals surface area contributed by atoms with Crippen LogP contribution in [0.5, 0.6) is 5.88 Å². The lowest BCUT2D eigenvalue weighted by molar-refractivity contribution is 0.0116. The van der Waals surface area contributed by atoms with E-state index in [-0.39, 0.29) is 41.3 Å². The van der Waals surface area contributed by atoms with Crippen molar-refractivity contribution in [3.8, 4) is 17.1 Å². The molecule has 1 aliphatic carbocycles. The predicted octanol–water partition coefficient (Wildman–Crippen LogP) is 6.32. The van der Waals surface area contributed by atoms with E-state index in [1.165, 1.54) is 12.1 Å². The van der Waals surface area contributed by atoms with Crippen molar-refractivity contribution in [3.63, 3.8) is 0 Å². The van der Waals surface area contributed by atoms with E-state index in [2.05, 4.69) is 54.3 Å². The van der Waals surface area contributed by atoms with Gasteiger partial charge in [-0.3, -0.25) is 4.79 Å². The molecule has 1 fully saturated rings. The van der Waals surface area contributed by atoms with Crippen molar-refractivity contribution in [1.29, 1.82) is 0 Å². The minimum atomic E-state index is -4.10. The molecule has 1 aromatic heterocycles. The molecule has 45 heavy (non-hydrogen) atoms. The first kappa shape index (κ1) is 32.9. The second kappa shape index (κ2) is 13.5. The average molecular weight is 634 g/mol. The number of rotatable bonds is 8. The van der Waals surface area contributed by atoms with Crippen LogP contribution in [-0.2, 0) is 10.0 Å². The Hall–Kier alpha value is -3.50. The molecule has 1 N–H and O–H groups in total. The minimum Gasteiger partial charge on any atom is -0.475 e. The summed E-state index contributed by atoms with van der Waals surface area (Å²) in [5, 5.41) is 0. The number of hydrogen-bond acceptors (Lipinski definition) is 7. The van der Waals surface area contributed by atoms with Crippen LogP contribution < -0.4 is 9.46 Å². The summed E-state index contributed by atoms with van der Waals surface area (Å²) in [4.78, 5) is 27.8. The van der Waals surface area contributed by atoms with Gasteiger partial charge in [-0.1, -0.05) is 38.1 Å². The standard InChI is InChI=1S/C35H47N5O4S/c1-22(2)16-29-21-44-32-20-31(33-24(5)10-8-11-25(33)6)36-35(37-32)38-45(42,43)30-13-9-12-27(19-30)34(41)40(29)28-17-26(18-28)14-15-39(7)23(3)4/h8-13,19-20,22-23,26,28-29H,14-18,21H2,1-7H3,(H,36,37,38)/t26?,28?,29-/m1/s1. The number of benzene rings is 2. The monoisotopic (exact) mass is 633 g/mol. The Morgan fingerprint density at radius 3 is 2.38 bits per heavy atom. The van der Waals surface area contributed by atoms with Crippen molar-refractivity contribution < 1.29 is 17.9 Å². The maximum Gasteiger partial charge on any atom is 0.264 e. The molecule has 0 radical (unpaired) electrons. The predicted molar refractivity (Wildman–Crippen MR) is 178 cm³/mol. The molecule has 0 unspecified atom stereocenters. The fourth-order valence-corrected chi connectivity index (χ4v) is 7.43. The van der Waals surface area contributed by atoms with Gasteiger partial charge in [0.2, 0.25) is 11.8 Å². The van der Waals surface area contributed by atoms with Gasteiger partial charge in [0.05, 0.1) is 16.6 Å². The van der Waals surface area contributed by atoms with Gasteiger partial charge in [-0.15, -0.1) is 0 Å². The third kappa shape index (κ3) is 7.49. The van der Waals surface area contributed by atoms with Crippen LogP contribution in [0.15, 0.2) is 53.4 Å². The number of nitrogens with zero attached hydrogens (tertiary/aromatic N) is 4. The molecule has 1 aliphatic heterocycles. The lowest BCUT2D eigenvalue weighted by Gasteiger charge is -2.47. The van der Waals surface area contributed by atoms with Crippen LogP contribution in [0.2, 0.25) is 0 Å². The summed E-state index contributed by atoms with van der Waals surface area (Å²) < 4.78 is 36.2. The van der Waals surface area contributed by atoms with Gasteiger partial charge in [-0.05, 0) is 108 Å². The normalized spacial score (nSPS) is 21.4. The summed E-state index contributed by atoms with van der Waals surface area (Å²) in [6.07, 6.45) is 3.66. The highest BCUT2D eigenvalue weighted by atomic mass is 32.2. The number of nitrogens with one attached hydrogen (secondary N) is 1. The van der Waals surface area contributed by atoms with Gasteiger partial charge in [0.25, 0.3) is 15.9 Å². The van der Waals surface area contributed by atoms with Crippen LogP contribution in [0.1, 0.15) is 74.9 Å². The van der Waals surface area contributed by atoms with Crippen LogP contribution in [0.25, 0.3) is 11.3 Å². The second-order valence-electron chi connectivity index (χ2n) is 13.5. The van der Waals surface area contributed by atoms with E-state index < -0.39 is 10.0 Å². The number of carbonyl (C=O) groups excluding carboxylic acids is 1. The lowest BCUT2D eigenvalue weighted by Crippen LogP contribution is -2.55. The number of carbonyl (C=O) groups is 1. The van der Waals surface area contributed by atoms with Crippen LogP contribution >= 0.6 is 0 Å². The smallest absolute Gasteiger partial charge is 0.264 e. The molecule has 0 saturated heterocycles. The second-order valence-corrected chi connectivity index (χ2v) is 15.2. The van der Waals surface area contributed by atoms with Gasteiger partial charge in [0, 0.05) is 29.3 Å². The molecule has 10 heteroatoms. The number of aromatic nitrogens is 2. The summed E-state index contributed by atoms with van der Waals surface area (Å²) >= 11 is 0. The number of sulfonamides is 1. The van der Waals surface area contributed by atoms with Crippen LogP contribution in [0.3, 0.4) is 0 Å². The Balaban J connectivity index is 1.55. The SMILES string of the molecule is Cc1cccc(C)c1-c1cc2nc(n1)NS(=O)(=O)c1cccc(c1)C(=O)N(C1CC(CCN(C)C(C)C)C1)[C@H](CC(C)C)CO2. The fourth-order valence-electron chi connectivity index (χ4n) is 6.44. The largest absolute Gasteiger partial charge is 0.475 e. The maximum absolute atomic E-state index is 14.3. The Morgan fingerprint density at radius 2 is 1.71 bits per heavy atom. The zero-order chi connectivity index (χ0) is 32.5. The number of hydrogen-bond donors (Lipinski definition) is 1. The van der Waals surface area contributed by atoms with Crippen molar-refractivity contribution in [2.75, 3.05) is 24.9 Å². The first-order chi connectivity index (χ1) is 21.3. The minimum absolute atomic E-state index is 0.0142. The van der Waals surface area contributed by atoms with Crippen molar-refractivity contribution in [3.05, 3.63) is 65.2 Å². The van der Waals surface area contributed by atoms with E-state index >= 15 is 0 Å². The van der Waals surface area contributed by atoms with Crippen LogP contribution in [0.4, 0.5) is 5.95 Å². The Kier molecular flexibility index (Phi) is 9.84. The molecule has 2 aromatic carbocycles. The molecule has 5 rings (SSSR count). The number of amides is 1. The van der Waals surface area contributed by atoms with Gasteiger partial charge >= 0.3 is 0 Å². The van der Waals surface area contributed by atoms with Crippen molar-refractivity contribution in [2.24, 2.45) is 11.8 Å². The molecule has 3 aromatic rings. The van der Waals surface area contributed by atoms with E-state index in [0.717, 1.165) is 48.9 Å². The van der Waals surface area contributed by atoms with E-state index in [1.807, 2.05) is 36.9 Å². The summed E-state index contributed by atoms with van der Waals surface area (Å²) in [6.45, 7) is 13.9. The van der Waals surface area contributed by atoms with Gasteiger partial charge < -0.3 is 14.5 Å². The van der Waals surface area contributed by atoms with Gasteiger partial charge in [0.15, 0.2) is 0 Å². The molecule has 1 atom stereocenters. The molecule has 1 saturated carbocycles. The van der Waals surface area contributed by atoms with E-state index in [1.54, 1.807) is 18.2 Å².